The Labute approximate surface area is 161 Å². The van der Waals surface area contributed by atoms with Crippen molar-refractivity contribution in [1.82, 2.24) is 0 Å². The fraction of sp³-hybridized carbons (Fsp3) is 0.316. The molecule has 0 radical (unpaired) electrons. The highest BCUT2D eigenvalue weighted by molar-refractivity contribution is 6.36. The summed E-state index contributed by atoms with van der Waals surface area (Å²) in [7, 11) is -1.73. The van der Waals surface area contributed by atoms with Crippen molar-refractivity contribution < 1.29 is 23.0 Å². The highest BCUT2D eigenvalue weighted by Crippen LogP contribution is 2.15. The average molecular weight is 391 g/mol. The van der Waals surface area contributed by atoms with Crippen molar-refractivity contribution >= 4 is 21.0 Å². The van der Waals surface area contributed by atoms with E-state index in [1.165, 1.54) is 24.3 Å². The molecule has 0 N–H and O–H groups in total. The van der Waals surface area contributed by atoms with Gasteiger partial charge in [0.25, 0.3) is 5.69 Å². The first kappa shape index (κ1) is 22.6. The van der Waals surface area contributed by atoms with E-state index in [9.17, 15) is 14.9 Å². The minimum Gasteiger partial charge on any atom is -0.376 e. The summed E-state index contributed by atoms with van der Waals surface area (Å²) in [5.74, 6) is -0.138. The summed E-state index contributed by atoms with van der Waals surface area (Å²) in [6.07, 6.45) is 0. The first-order valence-electron chi connectivity index (χ1n) is 8.72. The van der Waals surface area contributed by atoms with Crippen molar-refractivity contribution in [3.8, 4) is 0 Å². The molecule has 0 heterocycles. The standard InChI is InChI=1S/C13H9NO3.C6H16O3Si/c15-13(10-4-2-1-3-5-10)11-6-8-12(9-7-11)14(16)17;1-4-7-10(8-5-2)9-6-3/h1-9H;10H,4-6H2,1-3H3. The van der Waals surface area contributed by atoms with E-state index in [-0.39, 0.29) is 11.5 Å². The average Bonchev–Trinajstić information content (AvgIpc) is 2.69. The minimum atomic E-state index is -1.73. The maximum Gasteiger partial charge on any atom is 0.484 e. The van der Waals surface area contributed by atoms with Crippen LogP contribution in [-0.2, 0) is 13.3 Å². The third kappa shape index (κ3) is 8.22. The van der Waals surface area contributed by atoms with Gasteiger partial charge in [-0.05, 0) is 32.9 Å². The van der Waals surface area contributed by atoms with Gasteiger partial charge < -0.3 is 13.3 Å². The molecule has 27 heavy (non-hydrogen) atoms. The quantitative estimate of drug-likeness (QED) is 0.281. The van der Waals surface area contributed by atoms with Gasteiger partial charge in [-0.2, -0.15) is 0 Å². The Kier molecular flexibility index (Phi) is 10.8. The predicted octanol–water partition coefficient (Wildman–Crippen LogP) is 3.64. The third-order valence-electron chi connectivity index (χ3n) is 3.28. The molecule has 2 aromatic rings. The van der Waals surface area contributed by atoms with Crippen LogP contribution >= 0.6 is 0 Å². The zero-order valence-corrected chi connectivity index (χ0v) is 16.9. The number of nitro groups is 1. The molecule has 0 bridgehead atoms. The molecule has 0 aromatic heterocycles. The van der Waals surface area contributed by atoms with Crippen LogP contribution in [0.25, 0.3) is 0 Å². The normalized spacial score (nSPS) is 10.2. The minimum absolute atomic E-state index is 0.0189. The molecule has 0 aliphatic carbocycles. The Morgan fingerprint density at radius 3 is 1.70 bits per heavy atom. The molecule has 7 nitrogen and oxygen atoms in total. The maximum absolute atomic E-state index is 12.0. The van der Waals surface area contributed by atoms with Gasteiger partial charge in [0.1, 0.15) is 0 Å². The highest BCUT2D eigenvalue weighted by Gasteiger charge is 2.11. The van der Waals surface area contributed by atoms with Crippen LogP contribution in [0.3, 0.4) is 0 Å². The van der Waals surface area contributed by atoms with Crippen LogP contribution in [0, 0.1) is 10.1 Å². The lowest BCUT2D eigenvalue weighted by atomic mass is 10.0. The van der Waals surface area contributed by atoms with Gasteiger partial charge in [0.2, 0.25) is 0 Å². The molecule has 0 fully saturated rings. The Morgan fingerprint density at radius 1 is 0.852 bits per heavy atom. The first-order chi connectivity index (χ1) is 13.0. The topological polar surface area (TPSA) is 87.9 Å². The van der Waals surface area contributed by atoms with Crippen LogP contribution in [0.15, 0.2) is 54.6 Å². The van der Waals surface area contributed by atoms with Gasteiger partial charge in [0, 0.05) is 43.1 Å². The van der Waals surface area contributed by atoms with E-state index in [1.807, 2.05) is 26.8 Å². The molecule has 0 saturated heterocycles. The summed E-state index contributed by atoms with van der Waals surface area (Å²) < 4.78 is 15.7. The lowest BCUT2D eigenvalue weighted by Gasteiger charge is -2.12. The maximum atomic E-state index is 12.0. The van der Waals surface area contributed by atoms with Crippen LogP contribution in [0.1, 0.15) is 36.7 Å². The zero-order chi connectivity index (χ0) is 20.1. The number of benzene rings is 2. The molecule has 0 aliphatic rings. The number of nitro benzene ring substituents is 1. The van der Waals surface area contributed by atoms with Gasteiger partial charge in [0.15, 0.2) is 5.78 Å². The molecule has 0 spiro atoms. The number of rotatable bonds is 9. The number of non-ortho nitro benzene ring substituents is 1. The predicted molar refractivity (Wildman–Crippen MR) is 105 cm³/mol. The van der Waals surface area contributed by atoms with Crippen molar-refractivity contribution in [3.63, 3.8) is 0 Å². The molecule has 0 atom stereocenters. The summed E-state index contributed by atoms with van der Waals surface area (Å²) in [5, 5.41) is 10.5. The van der Waals surface area contributed by atoms with Crippen LogP contribution in [0.4, 0.5) is 5.69 Å². The van der Waals surface area contributed by atoms with Gasteiger partial charge in [0.05, 0.1) is 4.92 Å². The number of nitrogens with zero attached hydrogens (tertiary/aromatic N) is 1. The summed E-state index contributed by atoms with van der Waals surface area (Å²) in [6.45, 7) is 7.86. The zero-order valence-electron chi connectivity index (χ0n) is 15.8. The van der Waals surface area contributed by atoms with E-state index in [0.29, 0.717) is 30.9 Å². The Bertz CT molecular complexity index is 679. The van der Waals surface area contributed by atoms with E-state index < -0.39 is 14.5 Å². The van der Waals surface area contributed by atoms with Crippen molar-refractivity contribution in [2.45, 2.75) is 20.8 Å². The molecule has 2 aromatic carbocycles. The fourth-order valence-corrected chi connectivity index (χ4v) is 3.15. The summed E-state index contributed by atoms with van der Waals surface area (Å²) in [5.41, 5.74) is 0.998. The van der Waals surface area contributed by atoms with Crippen molar-refractivity contribution in [2.75, 3.05) is 19.8 Å². The van der Waals surface area contributed by atoms with Crippen LogP contribution in [-0.4, -0.2) is 40.1 Å². The molecule has 2 rings (SSSR count). The van der Waals surface area contributed by atoms with Gasteiger partial charge >= 0.3 is 9.53 Å². The van der Waals surface area contributed by atoms with Gasteiger partial charge in [-0.3, -0.25) is 14.9 Å². The van der Waals surface area contributed by atoms with E-state index >= 15 is 0 Å². The molecular formula is C19H25NO6Si. The second kappa shape index (κ2) is 12.9. The second-order valence-corrected chi connectivity index (χ2v) is 6.73. The van der Waals surface area contributed by atoms with Crippen molar-refractivity contribution in [1.29, 1.82) is 0 Å². The summed E-state index contributed by atoms with van der Waals surface area (Å²) in [6, 6.07) is 14.4. The second-order valence-electron chi connectivity index (χ2n) is 5.15. The highest BCUT2D eigenvalue weighted by atomic mass is 28.3. The number of hydrogen-bond acceptors (Lipinski definition) is 6. The van der Waals surface area contributed by atoms with Gasteiger partial charge in [-0.25, -0.2) is 0 Å². The largest absolute Gasteiger partial charge is 0.484 e. The van der Waals surface area contributed by atoms with E-state index in [2.05, 4.69) is 0 Å². The van der Waals surface area contributed by atoms with Gasteiger partial charge in [-0.1, -0.05) is 30.3 Å². The van der Waals surface area contributed by atoms with E-state index in [4.69, 9.17) is 13.3 Å². The van der Waals surface area contributed by atoms with E-state index in [0.717, 1.165) is 0 Å². The molecule has 0 saturated carbocycles. The number of carbonyl (C=O) groups excluding carboxylic acids is 1. The Hall–Kier alpha value is -2.39. The fourth-order valence-electron chi connectivity index (χ4n) is 2.04. The monoisotopic (exact) mass is 391 g/mol. The lowest BCUT2D eigenvalue weighted by molar-refractivity contribution is -0.384. The molecular weight excluding hydrogens is 366 g/mol. The molecule has 8 heteroatoms. The van der Waals surface area contributed by atoms with Crippen molar-refractivity contribution in [3.05, 3.63) is 75.8 Å². The third-order valence-corrected chi connectivity index (χ3v) is 5.10. The molecule has 146 valence electrons. The Morgan fingerprint density at radius 2 is 1.30 bits per heavy atom. The van der Waals surface area contributed by atoms with Crippen LogP contribution < -0.4 is 0 Å². The number of carbonyl (C=O) groups is 1. The molecule has 0 unspecified atom stereocenters. The van der Waals surface area contributed by atoms with E-state index in [1.54, 1.807) is 24.3 Å². The van der Waals surface area contributed by atoms with Crippen molar-refractivity contribution in [2.24, 2.45) is 0 Å². The first-order valence-corrected chi connectivity index (χ1v) is 10.1. The number of hydrogen-bond donors (Lipinski definition) is 0. The molecule has 0 aliphatic heterocycles. The number of ketones is 1. The smallest absolute Gasteiger partial charge is 0.376 e. The SMILES string of the molecule is CCO[SiH](OCC)OCC.O=C(c1ccccc1)c1ccc([N+](=O)[O-])cc1. The Balaban J connectivity index is 0.000000314. The van der Waals surface area contributed by atoms with Crippen LogP contribution in [0.5, 0.6) is 0 Å². The summed E-state index contributed by atoms with van der Waals surface area (Å²) >= 11 is 0. The lowest BCUT2D eigenvalue weighted by Crippen LogP contribution is -2.27. The van der Waals surface area contributed by atoms with Crippen LogP contribution in [0.2, 0.25) is 0 Å². The van der Waals surface area contributed by atoms with Gasteiger partial charge in [-0.15, -0.1) is 0 Å². The molecule has 0 amide bonds. The summed E-state index contributed by atoms with van der Waals surface area (Å²) in [4.78, 5) is 21.9.